The van der Waals surface area contributed by atoms with Crippen molar-refractivity contribution in [1.82, 2.24) is 9.80 Å². The SMILES string of the molecule is CCc1ccc(C(N)CN2CC(=O)N(CC)CC2=O)cc1. The number of likely N-dealkylation sites (N-methyl/N-ethyl adjacent to an activating group) is 1. The zero-order chi connectivity index (χ0) is 15.4. The molecule has 21 heavy (non-hydrogen) atoms. The molecule has 0 bridgehead atoms. The van der Waals surface area contributed by atoms with E-state index >= 15 is 0 Å². The summed E-state index contributed by atoms with van der Waals surface area (Å²) in [6.07, 6.45) is 0.988. The van der Waals surface area contributed by atoms with Gasteiger partial charge in [0, 0.05) is 19.1 Å². The fourth-order valence-electron chi connectivity index (χ4n) is 2.50. The van der Waals surface area contributed by atoms with Crippen LogP contribution in [0.15, 0.2) is 24.3 Å². The molecular weight excluding hydrogens is 266 g/mol. The number of hydrogen-bond acceptors (Lipinski definition) is 3. The van der Waals surface area contributed by atoms with Crippen LogP contribution in [0.4, 0.5) is 0 Å². The van der Waals surface area contributed by atoms with E-state index in [1.807, 2.05) is 19.1 Å². The molecule has 1 aliphatic heterocycles. The highest BCUT2D eigenvalue weighted by molar-refractivity contribution is 5.92. The highest BCUT2D eigenvalue weighted by atomic mass is 16.2. The monoisotopic (exact) mass is 289 g/mol. The van der Waals surface area contributed by atoms with Crippen molar-refractivity contribution in [2.45, 2.75) is 26.3 Å². The summed E-state index contributed by atoms with van der Waals surface area (Å²) in [7, 11) is 0. The first-order chi connectivity index (χ1) is 10.0. The van der Waals surface area contributed by atoms with Crippen molar-refractivity contribution in [2.24, 2.45) is 5.73 Å². The highest BCUT2D eigenvalue weighted by Gasteiger charge is 2.29. The number of hydrogen-bond donors (Lipinski definition) is 1. The summed E-state index contributed by atoms with van der Waals surface area (Å²) in [4.78, 5) is 27.1. The molecule has 1 aromatic carbocycles. The minimum atomic E-state index is -0.263. The average molecular weight is 289 g/mol. The number of piperazine rings is 1. The van der Waals surface area contributed by atoms with Crippen LogP contribution in [-0.2, 0) is 16.0 Å². The maximum absolute atomic E-state index is 12.1. The molecule has 1 atom stereocenters. The van der Waals surface area contributed by atoms with Crippen LogP contribution in [0.5, 0.6) is 0 Å². The molecule has 5 heteroatoms. The lowest BCUT2D eigenvalue weighted by atomic mass is 10.0. The molecule has 1 aromatic rings. The van der Waals surface area contributed by atoms with Crippen LogP contribution in [0.2, 0.25) is 0 Å². The first-order valence-electron chi connectivity index (χ1n) is 7.45. The van der Waals surface area contributed by atoms with Gasteiger partial charge in [0.2, 0.25) is 11.8 Å². The van der Waals surface area contributed by atoms with Crippen molar-refractivity contribution in [2.75, 3.05) is 26.2 Å². The second-order valence-electron chi connectivity index (χ2n) is 5.38. The maximum atomic E-state index is 12.1. The van der Waals surface area contributed by atoms with Gasteiger partial charge in [-0.3, -0.25) is 9.59 Å². The lowest BCUT2D eigenvalue weighted by Gasteiger charge is -2.34. The van der Waals surface area contributed by atoms with E-state index in [1.54, 1.807) is 9.80 Å². The molecule has 0 aliphatic carbocycles. The summed E-state index contributed by atoms with van der Waals surface area (Å²) in [5.74, 6) is -0.0392. The Morgan fingerprint density at radius 3 is 2.19 bits per heavy atom. The summed E-state index contributed by atoms with van der Waals surface area (Å²) < 4.78 is 0. The molecule has 1 unspecified atom stereocenters. The lowest BCUT2D eigenvalue weighted by molar-refractivity contribution is -0.150. The standard InChI is InChI=1S/C16H23N3O2/c1-3-12-5-7-13(8-6-12)14(17)9-19-11-15(20)18(4-2)10-16(19)21/h5-8,14H,3-4,9-11,17H2,1-2H3. The van der Waals surface area contributed by atoms with E-state index in [0.717, 1.165) is 12.0 Å². The Kier molecular flexibility index (Phi) is 4.96. The van der Waals surface area contributed by atoms with Crippen molar-refractivity contribution >= 4 is 11.8 Å². The average Bonchev–Trinajstić information content (AvgIpc) is 2.50. The van der Waals surface area contributed by atoms with Gasteiger partial charge < -0.3 is 15.5 Å². The largest absolute Gasteiger partial charge is 0.332 e. The Labute approximate surface area is 125 Å². The molecule has 0 radical (unpaired) electrons. The normalized spacial score (nSPS) is 17.3. The topological polar surface area (TPSA) is 66.6 Å². The third-order valence-electron chi connectivity index (χ3n) is 3.97. The van der Waals surface area contributed by atoms with Gasteiger partial charge in [-0.2, -0.15) is 0 Å². The molecular formula is C16H23N3O2. The Morgan fingerprint density at radius 1 is 1.05 bits per heavy atom. The van der Waals surface area contributed by atoms with Gasteiger partial charge in [0.25, 0.3) is 0 Å². The number of carbonyl (C=O) groups excluding carboxylic acids is 2. The minimum absolute atomic E-state index is 0.00868. The highest BCUT2D eigenvalue weighted by Crippen LogP contribution is 2.15. The van der Waals surface area contributed by atoms with Crippen molar-refractivity contribution in [1.29, 1.82) is 0 Å². The fraction of sp³-hybridized carbons (Fsp3) is 0.500. The first-order valence-corrected chi connectivity index (χ1v) is 7.45. The number of amides is 2. The quantitative estimate of drug-likeness (QED) is 0.877. The van der Waals surface area contributed by atoms with Crippen molar-refractivity contribution in [3.63, 3.8) is 0 Å². The molecule has 0 aromatic heterocycles. The number of carbonyl (C=O) groups is 2. The summed E-state index contributed by atoms with van der Waals surface area (Å²) in [6.45, 7) is 5.23. The van der Waals surface area contributed by atoms with E-state index in [1.165, 1.54) is 5.56 Å². The van der Waals surface area contributed by atoms with Gasteiger partial charge in [0.1, 0.15) is 0 Å². The van der Waals surface area contributed by atoms with Crippen LogP contribution in [0.3, 0.4) is 0 Å². The number of benzene rings is 1. The molecule has 2 N–H and O–H groups in total. The molecule has 0 saturated carbocycles. The van der Waals surface area contributed by atoms with Crippen LogP contribution in [0.25, 0.3) is 0 Å². The second kappa shape index (κ2) is 6.72. The van der Waals surface area contributed by atoms with Crippen LogP contribution in [0, 0.1) is 0 Å². The van der Waals surface area contributed by atoms with Crippen molar-refractivity contribution < 1.29 is 9.59 Å². The van der Waals surface area contributed by atoms with Gasteiger partial charge in [-0.05, 0) is 24.5 Å². The molecule has 0 spiro atoms. The summed E-state index contributed by atoms with van der Waals surface area (Å²) >= 11 is 0. The smallest absolute Gasteiger partial charge is 0.242 e. The summed E-state index contributed by atoms with van der Waals surface area (Å²) in [6, 6.07) is 7.84. The molecule has 114 valence electrons. The summed E-state index contributed by atoms with van der Waals surface area (Å²) in [5, 5.41) is 0. The number of nitrogens with two attached hydrogens (primary N) is 1. The molecule has 2 amide bonds. The third kappa shape index (κ3) is 3.61. The minimum Gasteiger partial charge on any atom is -0.332 e. The van der Waals surface area contributed by atoms with Crippen molar-refractivity contribution in [3.05, 3.63) is 35.4 Å². The van der Waals surface area contributed by atoms with Crippen LogP contribution in [0.1, 0.15) is 31.0 Å². The van der Waals surface area contributed by atoms with Crippen molar-refractivity contribution in [3.8, 4) is 0 Å². The van der Waals surface area contributed by atoms with Crippen LogP contribution in [-0.4, -0.2) is 47.8 Å². The van der Waals surface area contributed by atoms with E-state index in [-0.39, 0.29) is 30.9 Å². The molecule has 5 nitrogen and oxygen atoms in total. The van der Waals surface area contributed by atoms with Crippen LogP contribution < -0.4 is 5.73 Å². The van der Waals surface area contributed by atoms with Crippen LogP contribution >= 0.6 is 0 Å². The lowest BCUT2D eigenvalue weighted by Crippen LogP contribution is -2.54. The summed E-state index contributed by atoms with van der Waals surface area (Å²) in [5.41, 5.74) is 8.42. The Hall–Kier alpha value is -1.88. The van der Waals surface area contributed by atoms with Gasteiger partial charge in [0.05, 0.1) is 13.1 Å². The number of aryl methyl sites for hydroxylation is 1. The maximum Gasteiger partial charge on any atom is 0.242 e. The number of nitrogens with zero attached hydrogens (tertiary/aromatic N) is 2. The Bertz CT molecular complexity index is 513. The van der Waals surface area contributed by atoms with Gasteiger partial charge in [-0.25, -0.2) is 0 Å². The fourth-order valence-corrected chi connectivity index (χ4v) is 2.50. The third-order valence-corrected chi connectivity index (χ3v) is 3.97. The molecule has 1 aliphatic rings. The van der Waals surface area contributed by atoms with Gasteiger partial charge in [0.15, 0.2) is 0 Å². The molecule has 1 fully saturated rings. The molecule has 1 heterocycles. The zero-order valence-electron chi connectivity index (χ0n) is 12.7. The van der Waals surface area contributed by atoms with Gasteiger partial charge in [-0.15, -0.1) is 0 Å². The molecule has 2 rings (SSSR count). The van der Waals surface area contributed by atoms with E-state index < -0.39 is 0 Å². The van der Waals surface area contributed by atoms with E-state index in [2.05, 4.69) is 19.1 Å². The van der Waals surface area contributed by atoms with Gasteiger partial charge in [-0.1, -0.05) is 31.2 Å². The predicted octanol–water partition coefficient (Wildman–Crippen LogP) is 0.940. The molecule has 1 saturated heterocycles. The Balaban J connectivity index is 2.00. The van der Waals surface area contributed by atoms with E-state index in [0.29, 0.717) is 13.1 Å². The van der Waals surface area contributed by atoms with E-state index in [9.17, 15) is 9.59 Å². The van der Waals surface area contributed by atoms with E-state index in [4.69, 9.17) is 5.73 Å². The Morgan fingerprint density at radius 2 is 1.62 bits per heavy atom. The second-order valence-corrected chi connectivity index (χ2v) is 5.38. The predicted molar refractivity (Wildman–Crippen MR) is 81.6 cm³/mol. The van der Waals surface area contributed by atoms with Gasteiger partial charge >= 0.3 is 0 Å². The zero-order valence-corrected chi connectivity index (χ0v) is 12.7. The first kappa shape index (κ1) is 15.5. The number of rotatable bonds is 5.